The summed E-state index contributed by atoms with van der Waals surface area (Å²) >= 11 is 0. The van der Waals surface area contributed by atoms with Crippen LogP contribution in [0.3, 0.4) is 0 Å². The predicted octanol–water partition coefficient (Wildman–Crippen LogP) is 2.98. The van der Waals surface area contributed by atoms with Crippen LogP contribution in [0.5, 0.6) is 0 Å². The fourth-order valence-corrected chi connectivity index (χ4v) is 3.66. The van der Waals surface area contributed by atoms with Gasteiger partial charge in [0.25, 0.3) is 0 Å². The first-order chi connectivity index (χ1) is 9.29. The third kappa shape index (κ3) is 4.79. The van der Waals surface area contributed by atoms with Crippen molar-refractivity contribution in [2.75, 3.05) is 6.54 Å². The molecule has 19 heavy (non-hydrogen) atoms. The summed E-state index contributed by atoms with van der Waals surface area (Å²) in [5.41, 5.74) is 5.76. The Morgan fingerprint density at radius 2 is 1.63 bits per heavy atom. The van der Waals surface area contributed by atoms with E-state index in [2.05, 4.69) is 5.32 Å². The van der Waals surface area contributed by atoms with Crippen molar-refractivity contribution in [3.8, 4) is 0 Å². The van der Waals surface area contributed by atoms with Gasteiger partial charge < -0.3 is 11.1 Å². The molecule has 0 aromatic heterocycles. The lowest BCUT2D eigenvalue weighted by Crippen LogP contribution is -2.41. The van der Waals surface area contributed by atoms with Crippen molar-refractivity contribution < 1.29 is 4.79 Å². The Morgan fingerprint density at radius 1 is 0.947 bits per heavy atom. The Bertz CT molecular complexity index is 272. The minimum Gasteiger partial charge on any atom is -0.353 e. The van der Waals surface area contributed by atoms with Gasteiger partial charge in [-0.25, -0.2) is 0 Å². The Labute approximate surface area is 117 Å². The second-order valence-corrected chi connectivity index (χ2v) is 6.52. The first-order valence-corrected chi connectivity index (χ1v) is 8.30. The number of carbonyl (C=O) groups excluding carboxylic acids is 1. The van der Waals surface area contributed by atoms with Crippen LogP contribution in [0, 0.1) is 11.8 Å². The van der Waals surface area contributed by atoms with E-state index in [1.165, 1.54) is 57.8 Å². The molecule has 0 radical (unpaired) electrons. The number of carbonyl (C=O) groups is 1. The van der Waals surface area contributed by atoms with E-state index in [4.69, 9.17) is 5.73 Å². The second kappa shape index (κ2) is 7.88. The van der Waals surface area contributed by atoms with Gasteiger partial charge in [-0.3, -0.25) is 4.79 Å². The minimum absolute atomic E-state index is 0.229. The third-order valence-electron chi connectivity index (χ3n) is 4.94. The molecule has 2 rings (SSSR count). The molecule has 0 bridgehead atoms. The average Bonchev–Trinajstić information content (AvgIpc) is 2.41. The number of nitrogens with two attached hydrogens (primary N) is 1. The number of hydrogen-bond acceptors (Lipinski definition) is 2. The summed E-state index contributed by atoms with van der Waals surface area (Å²) in [6.07, 6.45) is 13.4. The summed E-state index contributed by atoms with van der Waals surface area (Å²) in [6.45, 7) is 0.743. The van der Waals surface area contributed by atoms with E-state index in [0.29, 0.717) is 17.9 Å². The van der Waals surface area contributed by atoms with Crippen LogP contribution in [0.1, 0.15) is 70.6 Å². The topological polar surface area (TPSA) is 55.1 Å². The van der Waals surface area contributed by atoms with Gasteiger partial charge in [0, 0.05) is 12.0 Å². The molecule has 3 N–H and O–H groups in total. The Kier molecular flexibility index (Phi) is 6.15. The summed E-state index contributed by atoms with van der Waals surface area (Å²) in [7, 11) is 0. The smallest absolute Gasteiger partial charge is 0.223 e. The van der Waals surface area contributed by atoms with Gasteiger partial charge in [-0.2, -0.15) is 0 Å². The zero-order chi connectivity index (χ0) is 13.5. The van der Waals surface area contributed by atoms with Gasteiger partial charge in [0.2, 0.25) is 5.91 Å². The molecule has 0 spiro atoms. The number of nitrogens with one attached hydrogen (secondary N) is 1. The van der Waals surface area contributed by atoms with Crippen molar-refractivity contribution in [3.05, 3.63) is 0 Å². The largest absolute Gasteiger partial charge is 0.353 e. The zero-order valence-corrected chi connectivity index (χ0v) is 12.2. The van der Waals surface area contributed by atoms with Gasteiger partial charge in [0.15, 0.2) is 0 Å². The molecule has 2 aliphatic carbocycles. The lowest BCUT2D eigenvalue weighted by atomic mass is 9.81. The Hall–Kier alpha value is -0.570. The van der Waals surface area contributed by atoms with Crippen LogP contribution in [0.2, 0.25) is 0 Å². The van der Waals surface area contributed by atoms with Crippen LogP contribution < -0.4 is 11.1 Å². The van der Waals surface area contributed by atoms with Gasteiger partial charge >= 0.3 is 0 Å². The lowest BCUT2D eigenvalue weighted by molar-refractivity contribution is -0.127. The van der Waals surface area contributed by atoms with Gasteiger partial charge in [-0.1, -0.05) is 38.5 Å². The predicted molar refractivity (Wildman–Crippen MR) is 78.8 cm³/mol. The van der Waals surface area contributed by atoms with Gasteiger partial charge in [-0.15, -0.1) is 0 Å². The molecule has 0 saturated heterocycles. The molecule has 110 valence electrons. The molecule has 3 heteroatoms. The van der Waals surface area contributed by atoms with E-state index in [1.54, 1.807) is 0 Å². The zero-order valence-electron chi connectivity index (χ0n) is 12.2. The number of rotatable bonds is 3. The van der Waals surface area contributed by atoms with Crippen LogP contribution >= 0.6 is 0 Å². The van der Waals surface area contributed by atoms with Crippen LogP contribution in [0.25, 0.3) is 0 Å². The number of hydrogen-bond donors (Lipinski definition) is 2. The van der Waals surface area contributed by atoms with E-state index in [-0.39, 0.29) is 5.92 Å². The molecule has 0 aromatic rings. The van der Waals surface area contributed by atoms with Gasteiger partial charge in [0.1, 0.15) is 0 Å². The Morgan fingerprint density at radius 3 is 2.32 bits per heavy atom. The summed E-state index contributed by atoms with van der Waals surface area (Å²) in [6, 6.07) is 0.436. The monoisotopic (exact) mass is 266 g/mol. The first kappa shape index (κ1) is 14.8. The maximum Gasteiger partial charge on any atom is 0.223 e. The highest BCUT2D eigenvalue weighted by atomic mass is 16.1. The quantitative estimate of drug-likeness (QED) is 0.825. The molecule has 1 amide bonds. The standard InChI is InChI=1S/C16H30N2O/c17-12-13-7-6-8-14(11-13)16(19)18-15-9-4-2-1-3-5-10-15/h13-15H,1-12,17H2,(H,18,19). The molecule has 2 aliphatic rings. The van der Waals surface area contributed by atoms with E-state index in [0.717, 1.165) is 19.4 Å². The van der Waals surface area contributed by atoms with Crippen LogP contribution in [-0.4, -0.2) is 18.5 Å². The van der Waals surface area contributed by atoms with E-state index in [9.17, 15) is 4.79 Å². The summed E-state index contributed by atoms with van der Waals surface area (Å²) in [4.78, 5) is 12.4. The highest BCUT2D eigenvalue weighted by Crippen LogP contribution is 2.29. The van der Waals surface area contributed by atoms with Crippen molar-refractivity contribution >= 4 is 5.91 Å². The van der Waals surface area contributed by atoms with Crippen molar-refractivity contribution in [1.29, 1.82) is 0 Å². The summed E-state index contributed by atoms with van der Waals surface area (Å²) in [5.74, 6) is 1.11. The van der Waals surface area contributed by atoms with Crippen molar-refractivity contribution in [3.63, 3.8) is 0 Å². The van der Waals surface area contributed by atoms with Crippen molar-refractivity contribution in [2.24, 2.45) is 17.6 Å². The molecule has 2 fully saturated rings. The highest BCUT2D eigenvalue weighted by Gasteiger charge is 2.27. The summed E-state index contributed by atoms with van der Waals surface area (Å²) < 4.78 is 0. The van der Waals surface area contributed by atoms with E-state index in [1.807, 2.05) is 0 Å². The van der Waals surface area contributed by atoms with E-state index >= 15 is 0 Å². The Balaban J connectivity index is 1.78. The maximum atomic E-state index is 12.4. The average molecular weight is 266 g/mol. The normalized spacial score (nSPS) is 30.4. The van der Waals surface area contributed by atoms with Crippen LogP contribution in [0.15, 0.2) is 0 Å². The SMILES string of the molecule is NCC1CCCC(C(=O)NC2CCCCCCC2)C1. The number of amides is 1. The molecule has 0 aliphatic heterocycles. The molecular weight excluding hydrogens is 236 g/mol. The highest BCUT2D eigenvalue weighted by molar-refractivity contribution is 5.79. The molecule has 0 aromatic carbocycles. The second-order valence-electron chi connectivity index (χ2n) is 6.52. The van der Waals surface area contributed by atoms with Gasteiger partial charge in [0.05, 0.1) is 0 Å². The first-order valence-electron chi connectivity index (χ1n) is 8.30. The van der Waals surface area contributed by atoms with Crippen LogP contribution in [0.4, 0.5) is 0 Å². The van der Waals surface area contributed by atoms with Crippen LogP contribution in [-0.2, 0) is 4.79 Å². The summed E-state index contributed by atoms with van der Waals surface area (Å²) in [5, 5.41) is 3.32. The minimum atomic E-state index is 0.229. The van der Waals surface area contributed by atoms with Crippen molar-refractivity contribution in [2.45, 2.75) is 76.7 Å². The molecule has 2 saturated carbocycles. The van der Waals surface area contributed by atoms with E-state index < -0.39 is 0 Å². The molecular formula is C16H30N2O. The van der Waals surface area contributed by atoms with Crippen molar-refractivity contribution in [1.82, 2.24) is 5.32 Å². The van der Waals surface area contributed by atoms with Gasteiger partial charge in [-0.05, 0) is 44.6 Å². The third-order valence-corrected chi connectivity index (χ3v) is 4.94. The fourth-order valence-electron chi connectivity index (χ4n) is 3.66. The molecule has 2 atom stereocenters. The lowest BCUT2D eigenvalue weighted by Gasteiger charge is -2.29. The maximum absolute atomic E-state index is 12.4. The molecule has 3 nitrogen and oxygen atoms in total. The molecule has 2 unspecified atom stereocenters. The molecule has 0 heterocycles. The fraction of sp³-hybridized carbons (Fsp3) is 0.938.